The summed E-state index contributed by atoms with van der Waals surface area (Å²) in [5.74, 6) is -1.03. The van der Waals surface area contributed by atoms with Gasteiger partial charge in [0, 0.05) is 18.5 Å². The predicted molar refractivity (Wildman–Crippen MR) is 73.3 cm³/mol. The van der Waals surface area contributed by atoms with E-state index in [2.05, 4.69) is 5.32 Å². The fourth-order valence-corrected chi connectivity index (χ4v) is 2.26. The highest BCUT2D eigenvalue weighted by Gasteiger charge is 2.16. The first-order valence-electron chi connectivity index (χ1n) is 6.79. The fraction of sp³-hybridized carbons (Fsp3) is 0.467. The smallest absolute Gasteiger partial charge is 0.303 e. The molecule has 108 valence electrons. The maximum Gasteiger partial charge on any atom is 0.303 e. The van der Waals surface area contributed by atoms with E-state index in [4.69, 9.17) is 9.84 Å². The normalized spacial score (nSPS) is 14.7. The number of rotatable bonds is 6. The van der Waals surface area contributed by atoms with E-state index in [1.54, 1.807) is 6.07 Å². The van der Waals surface area contributed by atoms with Gasteiger partial charge in [-0.05, 0) is 29.2 Å². The number of nitrogens with one attached hydrogen (secondary N) is 1. The minimum absolute atomic E-state index is 0.0331. The molecular weight excluding hydrogens is 258 g/mol. The number of carbonyl (C=O) groups excluding carboxylic acids is 1. The lowest BCUT2D eigenvalue weighted by Crippen LogP contribution is -2.30. The summed E-state index contributed by atoms with van der Waals surface area (Å²) in [6.07, 6.45) is 0.805. The lowest BCUT2D eigenvalue weighted by atomic mass is 10.0. The van der Waals surface area contributed by atoms with E-state index in [-0.39, 0.29) is 18.2 Å². The molecule has 0 saturated heterocycles. The average molecular weight is 277 g/mol. The summed E-state index contributed by atoms with van der Waals surface area (Å²) in [4.78, 5) is 22.7. The average Bonchev–Trinajstić information content (AvgIpc) is 2.89. The first-order valence-corrected chi connectivity index (χ1v) is 6.79. The molecule has 1 heterocycles. The second-order valence-corrected chi connectivity index (χ2v) is 5.06. The maximum absolute atomic E-state index is 12.1. The Morgan fingerprint density at radius 3 is 2.80 bits per heavy atom. The molecule has 1 aromatic carbocycles. The third-order valence-electron chi connectivity index (χ3n) is 3.58. The van der Waals surface area contributed by atoms with Crippen LogP contribution in [0.15, 0.2) is 18.2 Å². The Balaban J connectivity index is 1.93. The summed E-state index contributed by atoms with van der Waals surface area (Å²) in [5.41, 5.74) is 2.77. The van der Waals surface area contributed by atoms with Crippen LogP contribution in [0.1, 0.15) is 41.3 Å². The number of carbonyl (C=O) groups is 2. The predicted octanol–water partition coefficient (Wildman–Crippen LogP) is 1.95. The quantitative estimate of drug-likeness (QED) is 0.833. The first kappa shape index (κ1) is 14.5. The van der Waals surface area contributed by atoms with Crippen molar-refractivity contribution in [3.05, 3.63) is 34.9 Å². The Bertz CT molecular complexity index is 513. The van der Waals surface area contributed by atoms with Crippen LogP contribution >= 0.6 is 0 Å². The SMILES string of the molecule is CCC(CNC(=O)c1ccc2c(c1)COC2)CC(=O)O. The lowest BCUT2D eigenvalue weighted by Gasteiger charge is -2.13. The van der Waals surface area contributed by atoms with E-state index in [9.17, 15) is 9.59 Å². The molecule has 0 aliphatic carbocycles. The van der Waals surface area contributed by atoms with E-state index in [0.717, 1.165) is 17.5 Å². The number of aliphatic carboxylic acids is 1. The van der Waals surface area contributed by atoms with Crippen LogP contribution in [-0.2, 0) is 22.7 Å². The van der Waals surface area contributed by atoms with E-state index in [1.807, 2.05) is 19.1 Å². The van der Waals surface area contributed by atoms with Crippen LogP contribution in [0.2, 0.25) is 0 Å². The van der Waals surface area contributed by atoms with Gasteiger partial charge in [0.05, 0.1) is 13.2 Å². The van der Waals surface area contributed by atoms with Crippen LogP contribution < -0.4 is 5.32 Å². The monoisotopic (exact) mass is 277 g/mol. The third-order valence-corrected chi connectivity index (χ3v) is 3.58. The minimum Gasteiger partial charge on any atom is -0.481 e. The van der Waals surface area contributed by atoms with Crippen molar-refractivity contribution < 1.29 is 19.4 Å². The molecule has 5 heteroatoms. The molecule has 1 atom stereocenters. The van der Waals surface area contributed by atoms with E-state index in [1.165, 1.54) is 0 Å². The van der Waals surface area contributed by atoms with Crippen molar-refractivity contribution in [3.63, 3.8) is 0 Å². The second kappa shape index (κ2) is 6.52. The van der Waals surface area contributed by atoms with Gasteiger partial charge in [-0.15, -0.1) is 0 Å². The standard InChI is InChI=1S/C15H19NO4/c1-2-10(5-14(17)18)7-16-15(19)11-3-4-12-8-20-9-13(12)6-11/h3-4,6,10H,2,5,7-9H2,1H3,(H,16,19)(H,17,18). The molecule has 0 spiro atoms. The summed E-state index contributed by atoms with van der Waals surface area (Å²) in [5, 5.41) is 11.6. The van der Waals surface area contributed by atoms with E-state index in [0.29, 0.717) is 25.3 Å². The van der Waals surface area contributed by atoms with Gasteiger partial charge in [-0.3, -0.25) is 9.59 Å². The molecular formula is C15H19NO4. The van der Waals surface area contributed by atoms with Crippen molar-refractivity contribution in [1.29, 1.82) is 0 Å². The van der Waals surface area contributed by atoms with Crippen molar-refractivity contribution >= 4 is 11.9 Å². The molecule has 1 unspecified atom stereocenters. The van der Waals surface area contributed by atoms with Crippen LogP contribution in [0.4, 0.5) is 0 Å². The molecule has 2 rings (SSSR count). The Morgan fingerprint density at radius 1 is 1.35 bits per heavy atom. The zero-order valence-corrected chi connectivity index (χ0v) is 11.5. The molecule has 0 bridgehead atoms. The largest absolute Gasteiger partial charge is 0.481 e. The zero-order valence-electron chi connectivity index (χ0n) is 11.5. The fourth-order valence-electron chi connectivity index (χ4n) is 2.26. The third kappa shape index (κ3) is 3.57. The van der Waals surface area contributed by atoms with E-state index >= 15 is 0 Å². The van der Waals surface area contributed by atoms with Crippen LogP contribution in [0.25, 0.3) is 0 Å². The highest BCUT2D eigenvalue weighted by Crippen LogP contribution is 2.20. The molecule has 5 nitrogen and oxygen atoms in total. The van der Waals surface area contributed by atoms with Crippen molar-refractivity contribution in [2.75, 3.05) is 6.54 Å². The number of amides is 1. The van der Waals surface area contributed by atoms with Gasteiger partial charge in [-0.2, -0.15) is 0 Å². The molecule has 0 fully saturated rings. The Kier molecular flexibility index (Phi) is 4.74. The zero-order chi connectivity index (χ0) is 14.5. The summed E-state index contributed by atoms with van der Waals surface area (Å²) < 4.78 is 5.31. The lowest BCUT2D eigenvalue weighted by molar-refractivity contribution is -0.138. The molecule has 0 radical (unpaired) electrons. The molecule has 1 amide bonds. The van der Waals surface area contributed by atoms with Crippen LogP contribution in [0.5, 0.6) is 0 Å². The number of fused-ring (bicyclic) bond motifs is 1. The summed E-state index contributed by atoms with van der Waals surface area (Å²) in [7, 11) is 0. The second-order valence-electron chi connectivity index (χ2n) is 5.06. The van der Waals surface area contributed by atoms with Gasteiger partial charge in [-0.1, -0.05) is 19.4 Å². The number of hydrogen-bond acceptors (Lipinski definition) is 3. The van der Waals surface area contributed by atoms with Crippen molar-refractivity contribution in [3.8, 4) is 0 Å². The molecule has 1 aromatic rings. The molecule has 20 heavy (non-hydrogen) atoms. The van der Waals surface area contributed by atoms with Gasteiger partial charge in [-0.25, -0.2) is 0 Å². The number of benzene rings is 1. The number of ether oxygens (including phenoxy) is 1. The van der Waals surface area contributed by atoms with E-state index < -0.39 is 5.97 Å². The topological polar surface area (TPSA) is 75.6 Å². The molecule has 0 saturated carbocycles. The van der Waals surface area contributed by atoms with Crippen molar-refractivity contribution in [2.45, 2.75) is 33.0 Å². The minimum atomic E-state index is -0.833. The number of carboxylic acid groups (broad SMARTS) is 1. The number of hydrogen-bond donors (Lipinski definition) is 2. The molecule has 0 aromatic heterocycles. The van der Waals surface area contributed by atoms with Gasteiger partial charge in [0.25, 0.3) is 5.91 Å². The van der Waals surface area contributed by atoms with Gasteiger partial charge in [0.15, 0.2) is 0 Å². The highest BCUT2D eigenvalue weighted by molar-refractivity contribution is 5.94. The summed E-state index contributed by atoms with van der Waals surface area (Å²) >= 11 is 0. The first-order chi connectivity index (χ1) is 9.60. The van der Waals surface area contributed by atoms with Crippen molar-refractivity contribution in [2.24, 2.45) is 5.92 Å². The van der Waals surface area contributed by atoms with Gasteiger partial charge in [0.1, 0.15) is 0 Å². The summed E-state index contributed by atoms with van der Waals surface area (Å²) in [6, 6.07) is 5.53. The maximum atomic E-state index is 12.1. The van der Waals surface area contributed by atoms with Crippen LogP contribution in [-0.4, -0.2) is 23.5 Å². The molecule has 2 N–H and O–H groups in total. The Labute approximate surface area is 117 Å². The molecule has 1 aliphatic heterocycles. The van der Waals surface area contributed by atoms with Crippen LogP contribution in [0, 0.1) is 5.92 Å². The van der Waals surface area contributed by atoms with Gasteiger partial charge in [0.2, 0.25) is 0 Å². The Hall–Kier alpha value is -1.88. The van der Waals surface area contributed by atoms with Crippen molar-refractivity contribution in [1.82, 2.24) is 5.32 Å². The van der Waals surface area contributed by atoms with Gasteiger partial charge < -0.3 is 15.2 Å². The van der Waals surface area contributed by atoms with Gasteiger partial charge >= 0.3 is 5.97 Å². The highest BCUT2D eigenvalue weighted by atomic mass is 16.5. The number of carboxylic acids is 1. The molecule has 1 aliphatic rings. The van der Waals surface area contributed by atoms with Crippen LogP contribution in [0.3, 0.4) is 0 Å². The Morgan fingerprint density at radius 2 is 2.10 bits per heavy atom. The summed E-state index contributed by atoms with van der Waals surface area (Å²) in [6.45, 7) is 3.46.